The molecule has 0 radical (unpaired) electrons. The highest BCUT2D eigenvalue weighted by molar-refractivity contribution is 4.89. The van der Waals surface area contributed by atoms with Gasteiger partial charge in [-0.2, -0.15) is 0 Å². The zero-order valence-electron chi connectivity index (χ0n) is 11.9. The van der Waals surface area contributed by atoms with E-state index in [9.17, 15) is 5.11 Å². The van der Waals surface area contributed by atoms with Crippen LogP contribution in [0.15, 0.2) is 0 Å². The van der Waals surface area contributed by atoms with Crippen LogP contribution >= 0.6 is 0 Å². The Morgan fingerprint density at radius 1 is 1.35 bits per heavy atom. The fourth-order valence-electron chi connectivity index (χ4n) is 2.43. The predicted molar refractivity (Wildman–Crippen MR) is 71.2 cm³/mol. The van der Waals surface area contributed by atoms with Crippen LogP contribution in [-0.4, -0.2) is 35.5 Å². The first-order chi connectivity index (χ1) is 7.97. The third-order valence-corrected chi connectivity index (χ3v) is 4.31. The lowest BCUT2D eigenvalue weighted by Crippen LogP contribution is -2.50. The van der Waals surface area contributed by atoms with Gasteiger partial charge in [-0.25, -0.2) is 0 Å². The minimum atomic E-state index is -0.584. The van der Waals surface area contributed by atoms with E-state index in [0.717, 1.165) is 38.7 Å². The number of rotatable bonds is 6. The molecular formula is C14H29NO2. The molecule has 3 nitrogen and oxygen atoms in total. The summed E-state index contributed by atoms with van der Waals surface area (Å²) in [5.74, 6) is 0. The third kappa shape index (κ3) is 4.23. The van der Waals surface area contributed by atoms with Crippen LogP contribution < -0.4 is 5.32 Å². The standard InChI is InChI=1S/C14H29NO2/c1-5-13(4,16)11-15-12-8-9-17-14(6-2,7-3)10-12/h12,15-16H,5-11H2,1-4H3. The summed E-state index contributed by atoms with van der Waals surface area (Å²) in [7, 11) is 0. The summed E-state index contributed by atoms with van der Waals surface area (Å²) in [6.07, 6.45) is 5.06. The highest BCUT2D eigenvalue weighted by Gasteiger charge is 2.34. The summed E-state index contributed by atoms with van der Waals surface area (Å²) in [4.78, 5) is 0. The van der Waals surface area contributed by atoms with Crippen molar-refractivity contribution in [1.29, 1.82) is 0 Å². The van der Waals surface area contributed by atoms with Gasteiger partial charge in [-0.05, 0) is 39.0 Å². The van der Waals surface area contributed by atoms with Crippen molar-refractivity contribution in [2.24, 2.45) is 0 Å². The van der Waals surface area contributed by atoms with Gasteiger partial charge in [0.05, 0.1) is 11.2 Å². The van der Waals surface area contributed by atoms with Crippen molar-refractivity contribution >= 4 is 0 Å². The van der Waals surface area contributed by atoms with Crippen molar-refractivity contribution in [3.8, 4) is 0 Å². The fourth-order valence-corrected chi connectivity index (χ4v) is 2.43. The van der Waals surface area contributed by atoms with Gasteiger partial charge >= 0.3 is 0 Å². The molecule has 1 heterocycles. The quantitative estimate of drug-likeness (QED) is 0.753. The highest BCUT2D eigenvalue weighted by atomic mass is 16.5. The summed E-state index contributed by atoms with van der Waals surface area (Å²) >= 11 is 0. The molecule has 0 spiro atoms. The van der Waals surface area contributed by atoms with Crippen LogP contribution in [0.4, 0.5) is 0 Å². The summed E-state index contributed by atoms with van der Waals surface area (Å²) in [6.45, 7) is 9.84. The smallest absolute Gasteiger partial charge is 0.0741 e. The molecular weight excluding hydrogens is 214 g/mol. The molecule has 1 aliphatic heterocycles. The summed E-state index contributed by atoms with van der Waals surface area (Å²) in [5.41, 5.74) is -0.520. The molecule has 0 aromatic rings. The van der Waals surface area contributed by atoms with E-state index in [1.54, 1.807) is 0 Å². The molecule has 0 aromatic carbocycles. The van der Waals surface area contributed by atoms with Crippen LogP contribution in [-0.2, 0) is 4.74 Å². The largest absolute Gasteiger partial charge is 0.389 e. The van der Waals surface area contributed by atoms with Crippen LogP contribution in [0.3, 0.4) is 0 Å². The van der Waals surface area contributed by atoms with Gasteiger partial charge in [-0.3, -0.25) is 0 Å². The van der Waals surface area contributed by atoms with E-state index in [1.807, 2.05) is 13.8 Å². The number of aliphatic hydroxyl groups is 1. The predicted octanol–water partition coefficient (Wildman–Crippen LogP) is 2.47. The maximum atomic E-state index is 10.0. The normalized spacial score (nSPS) is 27.7. The van der Waals surface area contributed by atoms with Crippen molar-refractivity contribution < 1.29 is 9.84 Å². The molecule has 2 atom stereocenters. The SMILES string of the molecule is CCC(C)(O)CNC1CCOC(CC)(CC)C1. The summed E-state index contributed by atoms with van der Waals surface area (Å²) < 4.78 is 5.95. The van der Waals surface area contributed by atoms with Gasteiger partial charge in [0, 0.05) is 19.2 Å². The van der Waals surface area contributed by atoms with Crippen molar-refractivity contribution in [3.05, 3.63) is 0 Å². The van der Waals surface area contributed by atoms with E-state index in [0.29, 0.717) is 12.6 Å². The number of ether oxygens (including phenoxy) is 1. The minimum absolute atomic E-state index is 0.0635. The second-order valence-electron chi connectivity index (χ2n) is 5.66. The first-order valence-electron chi connectivity index (χ1n) is 7.06. The first-order valence-corrected chi connectivity index (χ1v) is 7.06. The monoisotopic (exact) mass is 243 g/mol. The van der Waals surface area contributed by atoms with Crippen LogP contribution in [0, 0.1) is 0 Å². The molecule has 1 fully saturated rings. The fraction of sp³-hybridized carbons (Fsp3) is 1.00. The van der Waals surface area contributed by atoms with Gasteiger partial charge in [0.1, 0.15) is 0 Å². The second kappa shape index (κ2) is 6.17. The van der Waals surface area contributed by atoms with E-state index in [-0.39, 0.29) is 5.60 Å². The molecule has 2 N–H and O–H groups in total. The Balaban J connectivity index is 2.45. The summed E-state index contributed by atoms with van der Waals surface area (Å²) in [6, 6.07) is 0.488. The molecule has 1 aliphatic rings. The maximum absolute atomic E-state index is 10.0. The molecule has 0 bridgehead atoms. The van der Waals surface area contributed by atoms with Gasteiger partial charge in [-0.15, -0.1) is 0 Å². The van der Waals surface area contributed by atoms with Crippen molar-refractivity contribution in [1.82, 2.24) is 5.32 Å². The average molecular weight is 243 g/mol. The van der Waals surface area contributed by atoms with Gasteiger partial charge < -0.3 is 15.2 Å². The van der Waals surface area contributed by atoms with Crippen molar-refractivity contribution in [2.75, 3.05) is 13.2 Å². The Hall–Kier alpha value is -0.120. The molecule has 0 saturated carbocycles. The third-order valence-electron chi connectivity index (χ3n) is 4.31. The van der Waals surface area contributed by atoms with E-state index in [4.69, 9.17) is 4.74 Å². The highest BCUT2D eigenvalue weighted by Crippen LogP contribution is 2.31. The van der Waals surface area contributed by atoms with Crippen LogP contribution in [0.1, 0.15) is 59.8 Å². The number of hydrogen-bond acceptors (Lipinski definition) is 3. The van der Waals surface area contributed by atoms with Gasteiger partial charge in [0.25, 0.3) is 0 Å². The lowest BCUT2D eigenvalue weighted by atomic mass is 9.85. The average Bonchev–Trinajstić information content (AvgIpc) is 2.37. The van der Waals surface area contributed by atoms with Crippen molar-refractivity contribution in [3.63, 3.8) is 0 Å². The molecule has 17 heavy (non-hydrogen) atoms. The maximum Gasteiger partial charge on any atom is 0.0741 e. The summed E-state index contributed by atoms with van der Waals surface area (Å²) in [5, 5.41) is 13.5. The van der Waals surface area contributed by atoms with Crippen LogP contribution in [0.25, 0.3) is 0 Å². The molecule has 3 heteroatoms. The minimum Gasteiger partial charge on any atom is -0.389 e. The lowest BCUT2D eigenvalue weighted by molar-refractivity contribution is -0.0949. The molecule has 1 saturated heterocycles. The Morgan fingerprint density at radius 2 is 2.00 bits per heavy atom. The van der Waals surface area contributed by atoms with Crippen molar-refractivity contribution in [2.45, 2.75) is 77.0 Å². The zero-order valence-corrected chi connectivity index (χ0v) is 11.9. The Bertz CT molecular complexity index is 224. The van der Waals surface area contributed by atoms with E-state index < -0.39 is 5.60 Å². The molecule has 0 aliphatic carbocycles. The van der Waals surface area contributed by atoms with Crippen LogP contribution in [0.2, 0.25) is 0 Å². The zero-order chi connectivity index (χ0) is 12.9. The Kier molecular flexibility index (Phi) is 5.42. The topological polar surface area (TPSA) is 41.5 Å². The Labute approximate surface area is 106 Å². The number of nitrogens with one attached hydrogen (secondary N) is 1. The second-order valence-corrected chi connectivity index (χ2v) is 5.66. The molecule has 2 unspecified atom stereocenters. The molecule has 1 rings (SSSR count). The van der Waals surface area contributed by atoms with E-state index in [2.05, 4.69) is 19.2 Å². The van der Waals surface area contributed by atoms with Gasteiger partial charge in [0.2, 0.25) is 0 Å². The number of hydrogen-bond donors (Lipinski definition) is 2. The van der Waals surface area contributed by atoms with Crippen LogP contribution in [0.5, 0.6) is 0 Å². The lowest BCUT2D eigenvalue weighted by Gasteiger charge is -2.41. The molecule has 0 aromatic heterocycles. The van der Waals surface area contributed by atoms with E-state index >= 15 is 0 Å². The van der Waals surface area contributed by atoms with Gasteiger partial charge in [-0.1, -0.05) is 20.8 Å². The first kappa shape index (κ1) is 14.9. The molecule has 102 valence electrons. The van der Waals surface area contributed by atoms with E-state index in [1.165, 1.54) is 0 Å². The Morgan fingerprint density at radius 3 is 2.53 bits per heavy atom. The molecule has 0 amide bonds. The van der Waals surface area contributed by atoms with Gasteiger partial charge in [0.15, 0.2) is 0 Å².